The van der Waals surface area contributed by atoms with E-state index in [0.717, 1.165) is 9.80 Å². The molecular formula is C14H16N2O4. The first-order valence-electron chi connectivity index (χ1n) is 5.98. The molecule has 0 radical (unpaired) electrons. The van der Waals surface area contributed by atoms with Crippen molar-refractivity contribution in [3.05, 3.63) is 24.3 Å². The van der Waals surface area contributed by atoms with Gasteiger partial charge in [-0.1, -0.05) is 6.07 Å². The molecule has 0 heterocycles. The van der Waals surface area contributed by atoms with Gasteiger partial charge in [-0.15, -0.1) is 0 Å². The highest BCUT2D eigenvalue weighted by atomic mass is 16.2. The Bertz CT molecular complexity index is 505. The maximum Gasteiger partial charge on any atom is 0.230 e. The van der Waals surface area contributed by atoms with Crippen molar-refractivity contribution in [1.29, 1.82) is 0 Å². The van der Waals surface area contributed by atoms with Crippen LogP contribution in [0.5, 0.6) is 0 Å². The summed E-state index contributed by atoms with van der Waals surface area (Å²) in [5.41, 5.74) is 0.630. The van der Waals surface area contributed by atoms with Crippen molar-refractivity contribution < 1.29 is 19.2 Å². The summed E-state index contributed by atoms with van der Waals surface area (Å²) >= 11 is 0. The first kappa shape index (κ1) is 15.6. The van der Waals surface area contributed by atoms with Gasteiger partial charge in [0.25, 0.3) is 0 Å². The van der Waals surface area contributed by atoms with E-state index in [4.69, 9.17) is 0 Å². The van der Waals surface area contributed by atoms with E-state index in [-0.39, 0.29) is 0 Å². The molecule has 0 aromatic heterocycles. The highest BCUT2D eigenvalue weighted by molar-refractivity contribution is 6.15. The molecule has 0 saturated carbocycles. The van der Waals surface area contributed by atoms with Gasteiger partial charge >= 0.3 is 0 Å². The van der Waals surface area contributed by atoms with Gasteiger partial charge in [-0.2, -0.15) is 0 Å². The average molecular weight is 276 g/mol. The van der Waals surface area contributed by atoms with E-state index in [1.165, 1.54) is 33.8 Å². The molecule has 0 spiro atoms. The maximum atomic E-state index is 11.5. The summed E-state index contributed by atoms with van der Waals surface area (Å²) in [6, 6.07) is 6.14. The van der Waals surface area contributed by atoms with Crippen molar-refractivity contribution >= 4 is 35.0 Å². The van der Waals surface area contributed by atoms with Crippen molar-refractivity contribution in [1.82, 2.24) is 0 Å². The minimum absolute atomic E-state index is 0.315. The molecule has 0 aliphatic heterocycles. The fourth-order valence-corrected chi connectivity index (χ4v) is 1.94. The van der Waals surface area contributed by atoms with E-state index in [1.54, 1.807) is 18.2 Å². The van der Waals surface area contributed by atoms with Gasteiger partial charge in [-0.25, -0.2) is 0 Å². The lowest BCUT2D eigenvalue weighted by Crippen LogP contribution is -2.35. The summed E-state index contributed by atoms with van der Waals surface area (Å²) in [6.07, 6.45) is 0. The number of carbonyl (C=O) groups is 4. The van der Waals surface area contributed by atoms with Gasteiger partial charge in [0.05, 0.1) is 11.4 Å². The second kappa shape index (κ2) is 6.10. The molecule has 0 aliphatic carbocycles. The molecule has 6 heteroatoms. The molecule has 1 rings (SSSR count). The first-order chi connectivity index (χ1) is 9.25. The fraction of sp³-hybridized carbons (Fsp3) is 0.286. The van der Waals surface area contributed by atoms with Gasteiger partial charge in [0, 0.05) is 27.7 Å². The van der Waals surface area contributed by atoms with E-state index >= 15 is 0 Å². The number of carbonyl (C=O) groups excluding carboxylic acids is 4. The Kier molecular flexibility index (Phi) is 4.74. The molecule has 1 aromatic rings. The molecule has 1 aromatic carbocycles. The van der Waals surface area contributed by atoms with E-state index in [9.17, 15) is 19.2 Å². The molecule has 6 nitrogen and oxygen atoms in total. The summed E-state index contributed by atoms with van der Waals surface area (Å²) in [6.45, 7) is 5.06. The lowest BCUT2D eigenvalue weighted by atomic mass is 10.2. The third-order valence-electron chi connectivity index (χ3n) is 2.61. The second-order valence-corrected chi connectivity index (χ2v) is 4.27. The molecule has 0 fully saturated rings. The molecule has 0 unspecified atom stereocenters. The number of imide groups is 2. The van der Waals surface area contributed by atoms with Crippen LogP contribution in [0, 0.1) is 0 Å². The van der Waals surface area contributed by atoms with Gasteiger partial charge < -0.3 is 0 Å². The number of hydrogen-bond donors (Lipinski definition) is 0. The van der Waals surface area contributed by atoms with Gasteiger partial charge in [-0.05, 0) is 18.2 Å². The molecule has 20 heavy (non-hydrogen) atoms. The van der Waals surface area contributed by atoms with Crippen molar-refractivity contribution in [2.24, 2.45) is 0 Å². The summed E-state index contributed by atoms with van der Waals surface area (Å²) in [5.74, 6) is -1.75. The summed E-state index contributed by atoms with van der Waals surface area (Å²) in [7, 11) is 0. The Morgan fingerprint density at radius 3 is 1.25 bits per heavy atom. The molecule has 4 amide bonds. The third kappa shape index (κ3) is 3.28. The Balaban J connectivity index is 3.31. The fourth-order valence-electron chi connectivity index (χ4n) is 1.94. The predicted octanol–water partition coefficient (Wildman–Crippen LogP) is 1.49. The SMILES string of the molecule is CC(=O)N(C(C)=O)c1cccc(N(C(C)=O)C(C)=O)c1. The number of amides is 4. The Labute approximate surface area is 117 Å². The van der Waals surface area contributed by atoms with Crippen LogP contribution in [0.3, 0.4) is 0 Å². The van der Waals surface area contributed by atoms with Crippen LogP contribution in [-0.2, 0) is 19.2 Å². The van der Waals surface area contributed by atoms with Crippen LogP contribution < -0.4 is 9.80 Å². The van der Waals surface area contributed by atoms with Crippen LogP contribution in [0.2, 0.25) is 0 Å². The van der Waals surface area contributed by atoms with Crippen molar-refractivity contribution in [2.45, 2.75) is 27.7 Å². The van der Waals surface area contributed by atoms with E-state index in [1.807, 2.05) is 0 Å². The summed E-state index contributed by atoms with van der Waals surface area (Å²) in [5, 5.41) is 0. The van der Waals surface area contributed by atoms with E-state index < -0.39 is 23.6 Å². The first-order valence-corrected chi connectivity index (χ1v) is 5.98. The number of nitrogens with zero attached hydrogens (tertiary/aromatic N) is 2. The molecular weight excluding hydrogens is 260 g/mol. The molecule has 0 aliphatic rings. The van der Waals surface area contributed by atoms with Crippen LogP contribution >= 0.6 is 0 Å². The number of anilines is 2. The highest BCUT2D eigenvalue weighted by Crippen LogP contribution is 2.23. The van der Waals surface area contributed by atoms with Crippen LogP contribution in [0.15, 0.2) is 24.3 Å². The van der Waals surface area contributed by atoms with Crippen molar-refractivity contribution in [3.63, 3.8) is 0 Å². The van der Waals surface area contributed by atoms with Crippen molar-refractivity contribution in [2.75, 3.05) is 9.80 Å². The lowest BCUT2D eigenvalue weighted by Gasteiger charge is -2.21. The molecule has 0 bridgehead atoms. The van der Waals surface area contributed by atoms with E-state index in [0.29, 0.717) is 11.4 Å². The Morgan fingerprint density at radius 2 is 1.00 bits per heavy atom. The zero-order chi connectivity index (χ0) is 15.4. The minimum Gasteiger partial charge on any atom is -0.274 e. The van der Waals surface area contributed by atoms with Gasteiger partial charge in [-0.3, -0.25) is 29.0 Å². The normalized spacial score (nSPS) is 9.80. The zero-order valence-electron chi connectivity index (χ0n) is 11.8. The highest BCUT2D eigenvalue weighted by Gasteiger charge is 2.20. The van der Waals surface area contributed by atoms with Crippen LogP contribution in [-0.4, -0.2) is 23.6 Å². The van der Waals surface area contributed by atoms with Gasteiger partial charge in [0.1, 0.15) is 0 Å². The lowest BCUT2D eigenvalue weighted by molar-refractivity contribution is -0.125. The minimum atomic E-state index is -0.438. The van der Waals surface area contributed by atoms with Gasteiger partial charge in [0.15, 0.2) is 0 Å². The standard InChI is InChI=1S/C14H16N2O4/c1-9(17)15(10(2)18)13-6-5-7-14(8-13)16(11(3)19)12(4)20/h5-8H,1-4H3. The summed E-state index contributed by atoms with van der Waals surface area (Å²) in [4.78, 5) is 47.9. The quantitative estimate of drug-likeness (QED) is 0.820. The molecule has 0 N–H and O–H groups in total. The van der Waals surface area contributed by atoms with Gasteiger partial charge in [0.2, 0.25) is 23.6 Å². The summed E-state index contributed by atoms with van der Waals surface area (Å²) < 4.78 is 0. The molecule has 106 valence electrons. The second-order valence-electron chi connectivity index (χ2n) is 4.27. The maximum absolute atomic E-state index is 11.5. The number of rotatable bonds is 2. The number of hydrogen-bond acceptors (Lipinski definition) is 4. The van der Waals surface area contributed by atoms with Crippen LogP contribution in [0.1, 0.15) is 27.7 Å². The van der Waals surface area contributed by atoms with Crippen LogP contribution in [0.25, 0.3) is 0 Å². The topological polar surface area (TPSA) is 74.8 Å². The Hall–Kier alpha value is -2.50. The Morgan fingerprint density at radius 1 is 0.700 bits per heavy atom. The van der Waals surface area contributed by atoms with Crippen molar-refractivity contribution in [3.8, 4) is 0 Å². The average Bonchev–Trinajstić information content (AvgIpc) is 2.27. The monoisotopic (exact) mass is 276 g/mol. The third-order valence-corrected chi connectivity index (χ3v) is 2.61. The predicted molar refractivity (Wildman–Crippen MR) is 74.1 cm³/mol. The molecule has 0 atom stereocenters. The van der Waals surface area contributed by atoms with E-state index in [2.05, 4.69) is 0 Å². The largest absolute Gasteiger partial charge is 0.274 e. The molecule has 0 saturated heterocycles. The smallest absolute Gasteiger partial charge is 0.230 e. The zero-order valence-corrected chi connectivity index (χ0v) is 11.8. The van der Waals surface area contributed by atoms with Crippen LogP contribution in [0.4, 0.5) is 11.4 Å². The number of benzene rings is 1.